The van der Waals surface area contributed by atoms with Crippen LogP contribution in [0.15, 0.2) is 10.9 Å². The van der Waals surface area contributed by atoms with Gasteiger partial charge in [0.05, 0.1) is 23.7 Å². The minimum atomic E-state index is -0.174. The van der Waals surface area contributed by atoms with E-state index in [9.17, 15) is 9.90 Å². The third-order valence-corrected chi connectivity index (χ3v) is 3.52. The van der Waals surface area contributed by atoms with E-state index in [4.69, 9.17) is 0 Å². The molecule has 0 atom stereocenters. The minimum absolute atomic E-state index is 0.0345. The minimum Gasteiger partial charge on any atom is -0.393 e. The van der Waals surface area contributed by atoms with E-state index in [0.29, 0.717) is 6.42 Å². The molecule has 1 aliphatic carbocycles. The quantitative estimate of drug-likeness (QED) is 0.832. The second-order valence-corrected chi connectivity index (χ2v) is 4.95. The molecule has 0 unspecified atom stereocenters. The molecule has 0 spiro atoms. The van der Waals surface area contributed by atoms with Gasteiger partial charge in [-0.3, -0.25) is 4.79 Å². The highest BCUT2D eigenvalue weighted by molar-refractivity contribution is 7.07. The van der Waals surface area contributed by atoms with Crippen molar-refractivity contribution in [3.05, 3.63) is 16.6 Å². The van der Waals surface area contributed by atoms with Crippen molar-refractivity contribution in [2.24, 2.45) is 0 Å². The van der Waals surface area contributed by atoms with Crippen molar-refractivity contribution in [1.82, 2.24) is 10.3 Å². The second-order valence-electron chi connectivity index (χ2n) is 4.23. The molecule has 1 aromatic rings. The molecule has 2 rings (SSSR count). The van der Waals surface area contributed by atoms with Crippen molar-refractivity contribution in [3.8, 4) is 0 Å². The summed E-state index contributed by atoms with van der Waals surface area (Å²) in [5.74, 6) is 0.0345. The third-order valence-electron chi connectivity index (χ3n) is 2.89. The Balaban J connectivity index is 1.75. The van der Waals surface area contributed by atoms with Crippen LogP contribution in [-0.2, 0) is 11.2 Å². The lowest BCUT2D eigenvalue weighted by molar-refractivity contribution is -0.121. The largest absolute Gasteiger partial charge is 0.393 e. The smallest absolute Gasteiger partial charge is 0.226 e. The Morgan fingerprint density at radius 3 is 2.88 bits per heavy atom. The first kappa shape index (κ1) is 11.5. The van der Waals surface area contributed by atoms with E-state index >= 15 is 0 Å². The number of nitrogens with zero attached hydrogens (tertiary/aromatic N) is 1. The third kappa shape index (κ3) is 3.28. The number of hydrogen-bond donors (Lipinski definition) is 2. The molecule has 88 valence electrons. The fourth-order valence-corrected chi connectivity index (χ4v) is 2.55. The highest BCUT2D eigenvalue weighted by Crippen LogP contribution is 2.18. The fourth-order valence-electron chi connectivity index (χ4n) is 1.99. The van der Waals surface area contributed by atoms with Crippen LogP contribution in [0.1, 0.15) is 31.4 Å². The summed E-state index contributed by atoms with van der Waals surface area (Å²) < 4.78 is 0. The van der Waals surface area contributed by atoms with Gasteiger partial charge in [-0.15, -0.1) is 11.3 Å². The number of rotatable bonds is 3. The van der Waals surface area contributed by atoms with E-state index in [0.717, 1.165) is 31.4 Å². The molecule has 1 aromatic heterocycles. The summed E-state index contributed by atoms with van der Waals surface area (Å²) >= 11 is 1.50. The Bertz CT molecular complexity index is 332. The first-order valence-corrected chi connectivity index (χ1v) is 6.53. The molecular weight excluding hydrogens is 224 g/mol. The summed E-state index contributed by atoms with van der Waals surface area (Å²) in [6.07, 6.45) is 3.53. The van der Waals surface area contributed by atoms with E-state index in [-0.39, 0.29) is 18.1 Å². The van der Waals surface area contributed by atoms with Gasteiger partial charge in [0, 0.05) is 11.4 Å². The number of carbonyl (C=O) groups is 1. The van der Waals surface area contributed by atoms with E-state index in [1.165, 1.54) is 11.3 Å². The standard InChI is InChI=1S/C11H16N2O2S/c14-10-3-1-8(2-4-10)13-11(15)5-9-6-16-7-12-9/h6-8,10,14H,1-5H2,(H,13,15). The second kappa shape index (κ2) is 5.41. The Kier molecular flexibility index (Phi) is 3.90. The Morgan fingerprint density at radius 2 is 2.25 bits per heavy atom. The average Bonchev–Trinajstić information content (AvgIpc) is 2.74. The van der Waals surface area contributed by atoms with Gasteiger partial charge in [0.25, 0.3) is 0 Å². The molecule has 0 radical (unpaired) electrons. The highest BCUT2D eigenvalue weighted by Gasteiger charge is 2.20. The van der Waals surface area contributed by atoms with Crippen molar-refractivity contribution < 1.29 is 9.90 Å². The first-order chi connectivity index (χ1) is 7.74. The number of carbonyl (C=O) groups excluding carboxylic acids is 1. The Hall–Kier alpha value is -0.940. The number of amides is 1. The molecule has 1 heterocycles. The summed E-state index contributed by atoms with van der Waals surface area (Å²) in [7, 11) is 0. The number of hydrogen-bond acceptors (Lipinski definition) is 4. The molecule has 1 fully saturated rings. The molecule has 16 heavy (non-hydrogen) atoms. The van der Waals surface area contributed by atoms with Crippen LogP contribution in [0.4, 0.5) is 0 Å². The van der Waals surface area contributed by atoms with Gasteiger partial charge in [-0.05, 0) is 25.7 Å². The van der Waals surface area contributed by atoms with E-state index in [2.05, 4.69) is 10.3 Å². The zero-order valence-corrected chi connectivity index (χ0v) is 9.87. The van der Waals surface area contributed by atoms with Crippen molar-refractivity contribution >= 4 is 17.2 Å². The van der Waals surface area contributed by atoms with E-state index in [1.807, 2.05) is 5.38 Å². The maximum atomic E-state index is 11.7. The fraction of sp³-hybridized carbons (Fsp3) is 0.636. The zero-order valence-electron chi connectivity index (χ0n) is 9.06. The summed E-state index contributed by atoms with van der Waals surface area (Å²) in [5, 5.41) is 14.2. The lowest BCUT2D eigenvalue weighted by Crippen LogP contribution is -2.39. The van der Waals surface area contributed by atoms with Gasteiger partial charge < -0.3 is 10.4 Å². The lowest BCUT2D eigenvalue weighted by atomic mass is 9.93. The van der Waals surface area contributed by atoms with Crippen molar-refractivity contribution in [2.45, 2.75) is 44.2 Å². The number of thiazole rings is 1. The van der Waals surface area contributed by atoms with Crippen LogP contribution in [0.2, 0.25) is 0 Å². The summed E-state index contributed by atoms with van der Waals surface area (Å²) in [6.45, 7) is 0. The van der Waals surface area contributed by atoms with E-state index < -0.39 is 0 Å². The molecular formula is C11H16N2O2S. The Labute approximate surface area is 98.7 Å². The molecule has 0 saturated heterocycles. The first-order valence-electron chi connectivity index (χ1n) is 5.58. The van der Waals surface area contributed by atoms with Gasteiger partial charge in [0.15, 0.2) is 0 Å². The zero-order chi connectivity index (χ0) is 11.4. The van der Waals surface area contributed by atoms with Crippen LogP contribution < -0.4 is 5.32 Å². The number of nitrogens with one attached hydrogen (secondary N) is 1. The SMILES string of the molecule is O=C(Cc1cscn1)NC1CCC(O)CC1. The summed E-state index contributed by atoms with van der Waals surface area (Å²) in [5.41, 5.74) is 2.57. The molecule has 0 aliphatic heterocycles. The highest BCUT2D eigenvalue weighted by atomic mass is 32.1. The number of aromatic nitrogens is 1. The Morgan fingerprint density at radius 1 is 1.50 bits per heavy atom. The van der Waals surface area contributed by atoms with Crippen LogP contribution in [0.5, 0.6) is 0 Å². The normalized spacial score (nSPS) is 25.3. The van der Waals surface area contributed by atoms with E-state index in [1.54, 1.807) is 5.51 Å². The molecule has 0 aromatic carbocycles. The molecule has 1 amide bonds. The number of aliphatic hydroxyl groups is 1. The van der Waals surface area contributed by atoms with Gasteiger partial charge in [-0.25, -0.2) is 4.98 Å². The van der Waals surface area contributed by atoms with Crippen LogP contribution >= 0.6 is 11.3 Å². The molecule has 0 bridgehead atoms. The predicted octanol–water partition coefficient (Wildman–Crippen LogP) is 1.11. The van der Waals surface area contributed by atoms with Crippen LogP contribution in [0, 0.1) is 0 Å². The number of aliphatic hydroxyl groups excluding tert-OH is 1. The molecule has 4 nitrogen and oxygen atoms in total. The van der Waals surface area contributed by atoms with Crippen LogP contribution in [-0.4, -0.2) is 28.1 Å². The van der Waals surface area contributed by atoms with Gasteiger partial charge in [0.1, 0.15) is 0 Å². The van der Waals surface area contributed by atoms with Crippen LogP contribution in [0.25, 0.3) is 0 Å². The summed E-state index contributed by atoms with van der Waals surface area (Å²) in [4.78, 5) is 15.7. The van der Waals surface area contributed by atoms with Crippen molar-refractivity contribution in [1.29, 1.82) is 0 Å². The van der Waals surface area contributed by atoms with Crippen molar-refractivity contribution in [3.63, 3.8) is 0 Å². The van der Waals surface area contributed by atoms with Gasteiger partial charge in [-0.1, -0.05) is 0 Å². The molecule has 5 heteroatoms. The van der Waals surface area contributed by atoms with Crippen molar-refractivity contribution in [2.75, 3.05) is 0 Å². The monoisotopic (exact) mass is 240 g/mol. The maximum Gasteiger partial charge on any atom is 0.226 e. The maximum absolute atomic E-state index is 11.7. The van der Waals surface area contributed by atoms with Gasteiger partial charge >= 0.3 is 0 Å². The van der Waals surface area contributed by atoms with Crippen LogP contribution in [0.3, 0.4) is 0 Å². The van der Waals surface area contributed by atoms with Gasteiger partial charge in [0.2, 0.25) is 5.91 Å². The van der Waals surface area contributed by atoms with Gasteiger partial charge in [-0.2, -0.15) is 0 Å². The lowest BCUT2D eigenvalue weighted by Gasteiger charge is -2.26. The predicted molar refractivity (Wildman–Crippen MR) is 62.2 cm³/mol. The molecule has 1 aliphatic rings. The molecule has 1 saturated carbocycles. The topological polar surface area (TPSA) is 62.2 Å². The summed E-state index contributed by atoms with van der Waals surface area (Å²) in [6, 6.07) is 0.231. The average molecular weight is 240 g/mol. The molecule has 2 N–H and O–H groups in total.